The van der Waals surface area contributed by atoms with Crippen molar-refractivity contribution in [2.45, 2.75) is 13.8 Å². The highest BCUT2D eigenvalue weighted by Gasteiger charge is 1.92. The third-order valence-electron chi connectivity index (χ3n) is 0.703. The Hall–Kier alpha value is -0.670. The Balaban J connectivity index is 3.63. The van der Waals surface area contributed by atoms with Crippen LogP contribution in [0.1, 0.15) is 13.8 Å². The van der Waals surface area contributed by atoms with E-state index in [1.165, 1.54) is 6.08 Å². The highest BCUT2D eigenvalue weighted by molar-refractivity contribution is 5.91. The molecule has 0 aromatic heterocycles. The van der Waals surface area contributed by atoms with Crippen molar-refractivity contribution in [3.8, 4) is 0 Å². The molecule has 0 aliphatic heterocycles. The molecular formula is C6H11NO2. The molecule has 0 saturated carbocycles. The van der Waals surface area contributed by atoms with E-state index in [0.29, 0.717) is 0 Å². The zero-order valence-corrected chi connectivity index (χ0v) is 5.64. The van der Waals surface area contributed by atoms with Crippen LogP contribution in [-0.2, 0) is 4.79 Å². The van der Waals surface area contributed by atoms with Gasteiger partial charge in [-0.1, -0.05) is 5.57 Å². The summed E-state index contributed by atoms with van der Waals surface area (Å²) in [5.74, 6) is -0.113. The number of ketones is 1. The minimum Gasteiger partial charge on any atom is -0.316 e. The molecular weight excluding hydrogens is 118 g/mol. The summed E-state index contributed by atoms with van der Waals surface area (Å²) >= 11 is 0. The number of carbonyl (C=O) groups is 1. The van der Waals surface area contributed by atoms with E-state index in [4.69, 9.17) is 5.21 Å². The minimum absolute atomic E-state index is 0.00875. The van der Waals surface area contributed by atoms with Crippen LogP contribution in [0.25, 0.3) is 0 Å². The Morgan fingerprint density at radius 2 is 2.22 bits per heavy atom. The molecule has 0 radical (unpaired) electrons. The van der Waals surface area contributed by atoms with E-state index in [9.17, 15) is 4.79 Å². The number of hydrogen-bond acceptors (Lipinski definition) is 3. The molecule has 0 aromatic carbocycles. The molecule has 0 heterocycles. The first kappa shape index (κ1) is 8.33. The van der Waals surface area contributed by atoms with Crippen molar-refractivity contribution in [3.05, 3.63) is 11.6 Å². The Morgan fingerprint density at radius 1 is 1.67 bits per heavy atom. The van der Waals surface area contributed by atoms with Gasteiger partial charge in [0.15, 0.2) is 5.78 Å². The number of nitrogens with one attached hydrogen (secondary N) is 1. The predicted molar refractivity (Wildman–Crippen MR) is 34.2 cm³/mol. The maximum Gasteiger partial charge on any atom is 0.171 e. The molecule has 0 rings (SSSR count). The van der Waals surface area contributed by atoms with E-state index >= 15 is 0 Å². The van der Waals surface area contributed by atoms with Crippen molar-refractivity contribution in [2.24, 2.45) is 0 Å². The lowest BCUT2D eigenvalue weighted by molar-refractivity contribution is -0.115. The number of hydroxylamine groups is 1. The van der Waals surface area contributed by atoms with Crippen LogP contribution in [0.3, 0.4) is 0 Å². The van der Waals surface area contributed by atoms with Crippen molar-refractivity contribution in [2.75, 3.05) is 6.54 Å². The minimum atomic E-state index is -0.113. The van der Waals surface area contributed by atoms with E-state index in [0.717, 1.165) is 5.57 Å². The monoisotopic (exact) mass is 129 g/mol. The summed E-state index contributed by atoms with van der Waals surface area (Å²) in [5, 5.41) is 8.05. The third kappa shape index (κ3) is 5.20. The highest BCUT2D eigenvalue weighted by Crippen LogP contribution is 1.87. The van der Waals surface area contributed by atoms with Crippen LogP contribution in [0, 0.1) is 0 Å². The quantitative estimate of drug-likeness (QED) is 0.431. The van der Waals surface area contributed by atoms with Gasteiger partial charge in [0.1, 0.15) is 0 Å². The maximum atomic E-state index is 10.6. The molecule has 3 heteroatoms. The first-order valence-corrected chi connectivity index (χ1v) is 2.71. The van der Waals surface area contributed by atoms with Gasteiger partial charge in [-0.3, -0.25) is 4.79 Å². The molecule has 9 heavy (non-hydrogen) atoms. The smallest absolute Gasteiger partial charge is 0.171 e. The molecule has 0 spiro atoms. The van der Waals surface area contributed by atoms with E-state index in [1.54, 1.807) is 5.48 Å². The zero-order chi connectivity index (χ0) is 7.28. The summed E-state index contributed by atoms with van der Waals surface area (Å²) in [7, 11) is 0. The average Bonchev–Trinajstić information content (AvgIpc) is 1.63. The summed E-state index contributed by atoms with van der Waals surface area (Å²) in [6, 6.07) is 0. The lowest BCUT2D eigenvalue weighted by atomic mass is 10.2. The van der Waals surface area contributed by atoms with Gasteiger partial charge in [-0.2, -0.15) is 5.48 Å². The lowest BCUT2D eigenvalue weighted by Crippen LogP contribution is -2.17. The van der Waals surface area contributed by atoms with E-state index in [1.807, 2.05) is 13.8 Å². The molecule has 0 bridgehead atoms. The summed E-state index contributed by atoms with van der Waals surface area (Å²) in [6.07, 6.45) is 1.48. The van der Waals surface area contributed by atoms with Crippen molar-refractivity contribution >= 4 is 5.78 Å². The van der Waals surface area contributed by atoms with Gasteiger partial charge in [-0.05, 0) is 19.9 Å². The third-order valence-corrected chi connectivity index (χ3v) is 0.703. The molecule has 52 valence electrons. The number of carbonyl (C=O) groups excluding carboxylic acids is 1. The van der Waals surface area contributed by atoms with Gasteiger partial charge in [0.2, 0.25) is 0 Å². The average molecular weight is 129 g/mol. The van der Waals surface area contributed by atoms with Gasteiger partial charge in [0, 0.05) is 0 Å². The van der Waals surface area contributed by atoms with Crippen LogP contribution in [-0.4, -0.2) is 17.5 Å². The van der Waals surface area contributed by atoms with Gasteiger partial charge in [-0.25, -0.2) is 0 Å². The molecule has 0 fully saturated rings. The molecule has 0 atom stereocenters. The highest BCUT2D eigenvalue weighted by atomic mass is 16.5. The molecule has 3 nitrogen and oxygen atoms in total. The Bertz CT molecular complexity index is 125. The van der Waals surface area contributed by atoms with Crippen molar-refractivity contribution < 1.29 is 10.0 Å². The van der Waals surface area contributed by atoms with Gasteiger partial charge in [0.05, 0.1) is 6.54 Å². The standard InChI is InChI=1S/C6H11NO2/c1-5(2)3-6(8)4-7-9/h3,7,9H,4H2,1-2H3. The fraction of sp³-hybridized carbons (Fsp3) is 0.500. The van der Waals surface area contributed by atoms with Crippen LogP contribution < -0.4 is 5.48 Å². The van der Waals surface area contributed by atoms with Crippen molar-refractivity contribution in [1.29, 1.82) is 0 Å². The van der Waals surface area contributed by atoms with Crippen molar-refractivity contribution in [1.82, 2.24) is 5.48 Å². The van der Waals surface area contributed by atoms with Crippen LogP contribution in [0.15, 0.2) is 11.6 Å². The fourth-order valence-corrected chi connectivity index (χ4v) is 0.451. The molecule has 0 aliphatic rings. The number of rotatable bonds is 3. The molecule has 0 saturated heterocycles. The normalized spacial score (nSPS) is 8.78. The predicted octanol–water partition coefficient (Wildman–Crippen LogP) is 0.501. The van der Waals surface area contributed by atoms with Crippen LogP contribution in [0.5, 0.6) is 0 Å². The lowest BCUT2D eigenvalue weighted by Gasteiger charge is -1.90. The summed E-state index contributed by atoms with van der Waals surface area (Å²) < 4.78 is 0. The van der Waals surface area contributed by atoms with E-state index in [-0.39, 0.29) is 12.3 Å². The van der Waals surface area contributed by atoms with E-state index < -0.39 is 0 Å². The Morgan fingerprint density at radius 3 is 2.56 bits per heavy atom. The summed E-state index contributed by atoms with van der Waals surface area (Å²) in [5.41, 5.74) is 2.72. The first-order valence-electron chi connectivity index (χ1n) is 2.71. The van der Waals surface area contributed by atoms with Crippen LogP contribution in [0.2, 0.25) is 0 Å². The van der Waals surface area contributed by atoms with Gasteiger partial charge in [0.25, 0.3) is 0 Å². The second-order valence-electron chi connectivity index (χ2n) is 2.02. The van der Waals surface area contributed by atoms with Gasteiger partial charge in [-0.15, -0.1) is 0 Å². The zero-order valence-electron chi connectivity index (χ0n) is 5.64. The topological polar surface area (TPSA) is 49.3 Å². The molecule has 0 aliphatic carbocycles. The number of hydrogen-bond donors (Lipinski definition) is 2. The molecule has 0 aromatic rings. The van der Waals surface area contributed by atoms with Crippen LogP contribution in [0.4, 0.5) is 0 Å². The van der Waals surface area contributed by atoms with E-state index in [2.05, 4.69) is 0 Å². The summed E-state index contributed by atoms with van der Waals surface area (Å²) in [4.78, 5) is 10.6. The Labute approximate surface area is 54.3 Å². The fourth-order valence-electron chi connectivity index (χ4n) is 0.451. The maximum absolute atomic E-state index is 10.6. The Kier molecular flexibility index (Phi) is 3.92. The van der Waals surface area contributed by atoms with Gasteiger partial charge < -0.3 is 5.21 Å². The molecule has 2 N–H and O–H groups in total. The second-order valence-corrected chi connectivity index (χ2v) is 2.02. The van der Waals surface area contributed by atoms with Crippen molar-refractivity contribution in [3.63, 3.8) is 0 Å². The number of allylic oxidation sites excluding steroid dienone is 1. The van der Waals surface area contributed by atoms with Gasteiger partial charge >= 0.3 is 0 Å². The van der Waals surface area contributed by atoms with Crippen LogP contribution >= 0.6 is 0 Å². The molecule has 0 unspecified atom stereocenters. The SMILES string of the molecule is CC(C)=CC(=O)CNO. The molecule has 0 amide bonds. The first-order chi connectivity index (χ1) is 4.16. The summed E-state index contributed by atoms with van der Waals surface area (Å²) in [6.45, 7) is 3.65. The second kappa shape index (κ2) is 4.23. The largest absolute Gasteiger partial charge is 0.316 e.